The second kappa shape index (κ2) is 6.27. The molecule has 18 heavy (non-hydrogen) atoms. The number of hydrogen-bond donors (Lipinski definition) is 2. The van der Waals surface area contributed by atoms with Gasteiger partial charge in [-0.2, -0.15) is 0 Å². The normalized spacial score (nSPS) is 22.3. The van der Waals surface area contributed by atoms with Crippen molar-refractivity contribution >= 4 is 0 Å². The molecule has 1 aliphatic rings. The molecule has 100 valence electrons. The molecule has 1 aromatic rings. The van der Waals surface area contributed by atoms with Crippen molar-refractivity contribution in [3.05, 3.63) is 35.6 Å². The minimum absolute atomic E-state index is 0.302. The van der Waals surface area contributed by atoms with Gasteiger partial charge in [-0.15, -0.1) is 0 Å². The van der Waals surface area contributed by atoms with E-state index in [0.717, 1.165) is 19.6 Å². The number of nitrogens with one attached hydrogen (secondary N) is 1. The highest BCUT2D eigenvalue weighted by molar-refractivity contribution is 5.18. The van der Waals surface area contributed by atoms with Gasteiger partial charge in [0.1, 0.15) is 5.82 Å². The number of benzene rings is 1. The Labute approximate surface area is 108 Å². The molecule has 0 radical (unpaired) electrons. The minimum Gasteiger partial charge on any atom is -0.387 e. The minimum atomic E-state index is -0.639. The van der Waals surface area contributed by atoms with Crippen LogP contribution < -0.4 is 5.32 Å². The molecule has 0 amide bonds. The molecule has 1 fully saturated rings. The van der Waals surface area contributed by atoms with Crippen LogP contribution in [0.5, 0.6) is 0 Å². The van der Waals surface area contributed by atoms with Gasteiger partial charge in [0.2, 0.25) is 0 Å². The maximum Gasteiger partial charge on any atom is 0.123 e. The summed E-state index contributed by atoms with van der Waals surface area (Å²) >= 11 is 0. The van der Waals surface area contributed by atoms with Crippen LogP contribution in [0.25, 0.3) is 0 Å². The monoisotopic (exact) mass is 252 g/mol. The molecule has 1 aromatic carbocycles. The first kappa shape index (κ1) is 13.5. The molecular formula is C14H21FN2O. The number of nitrogens with zero attached hydrogens (tertiary/aromatic N) is 1. The quantitative estimate of drug-likeness (QED) is 0.831. The molecule has 2 unspecified atom stereocenters. The van der Waals surface area contributed by atoms with Crippen LogP contribution in [0.4, 0.5) is 4.39 Å². The largest absolute Gasteiger partial charge is 0.387 e. The zero-order chi connectivity index (χ0) is 13.0. The van der Waals surface area contributed by atoms with E-state index in [1.165, 1.54) is 18.6 Å². The molecule has 2 atom stereocenters. The lowest BCUT2D eigenvalue weighted by Gasteiger charge is -2.15. The van der Waals surface area contributed by atoms with Crippen molar-refractivity contribution in [1.29, 1.82) is 0 Å². The van der Waals surface area contributed by atoms with Crippen molar-refractivity contribution in [2.75, 3.05) is 33.2 Å². The third-order valence-electron chi connectivity index (χ3n) is 3.49. The first-order valence-electron chi connectivity index (χ1n) is 6.48. The topological polar surface area (TPSA) is 35.5 Å². The van der Waals surface area contributed by atoms with Gasteiger partial charge in [0.15, 0.2) is 0 Å². The SMILES string of the molecule is CN1CCC(CNCC(O)c2cccc(F)c2)C1. The van der Waals surface area contributed by atoms with Crippen molar-refractivity contribution in [2.45, 2.75) is 12.5 Å². The van der Waals surface area contributed by atoms with Crippen molar-refractivity contribution in [2.24, 2.45) is 5.92 Å². The summed E-state index contributed by atoms with van der Waals surface area (Å²) in [5.41, 5.74) is 0.631. The molecule has 0 aromatic heterocycles. The lowest BCUT2D eigenvalue weighted by molar-refractivity contribution is 0.172. The number of aliphatic hydroxyl groups excluding tert-OH is 1. The summed E-state index contributed by atoms with van der Waals surface area (Å²) in [4.78, 5) is 2.31. The van der Waals surface area contributed by atoms with Crippen molar-refractivity contribution in [1.82, 2.24) is 10.2 Å². The fraction of sp³-hybridized carbons (Fsp3) is 0.571. The Hall–Kier alpha value is -0.970. The number of hydrogen-bond acceptors (Lipinski definition) is 3. The molecule has 0 aliphatic carbocycles. The van der Waals surface area contributed by atoms with E-state index in [2.05, 4.69) is 17.3 Å². The first-order valence-corrected chi connectivity index (χ1v) is 6.48. The Balaban J connectivity index is 1.73. The van der Waals surface area contributed by atoms with Crippen molar-refractivity contribution in [3.8, 4) is 0 Å². The van der Waals surface area contributed by atoms with E-state index in [1.807, 2.05) is 0 Å². The smallest absolute Gasteiger partial charge is 0.123 e. The fourth-order valence-corrected chi connectivity index (χ4v) is 2.45. The zero-order valence-electron chi connectivity index (χ0n) is 10.8. The molecule has 1 aliphatic heterocycles. The van der Waals surface area contributed by atoms with Gasteiger partial charge in [-0.1, -0.05) is 12.1 Å². The van der Waals surface area contributed by atoms with Crippen LogP contribution in [-0.4, -0.2) is 43.2 Å². The molecular weight excluding hydrogens is 231 g/mol. The Morgan fingerprint density at radius 3 is 3.06 bits per heavy atom. The van der Waals surface area contributed by atoms with E-state index in [4.69, 9.17) is 0 Å². The Morgan fingerprint density at radius 1 is 1.56 bits per heavy atom. The number of halogens is 1. The van der Waals surface area contributed by atoms with Gasteiger partial charge in [-0.3, -0.25) is 0 Å². The fourth-order valence-electron chi connectivity index (χ4n) is 2.45. The predicted octanol–water partition coefficient (Wildman–Crippen LogP) is 1.40. The lowest BCUT2D eigenvalue weighted by Crippen LogP contribution is -2.28. The van der Waals surface area contributed by atoms with Crippen LogP contribution in [0.15, 0.2) is 24.3 Å². The summed E-state index contributed by atoms with van der Waals surface area (Å²) in [6.07, 6.45) is 0.569. The number of rotatable bonds is 5. The molecule has 2 N–H and O–H groups in total. The summed E-state index contributed by atoms with van der Waals surface area (Å²) < 4.78 is 13.0. The standard InChI is InChI=1S/C14H21FN2O/c1-17-6-5-11(10-17)8-16-9-14(18)12-3-2-4-13(15)7-12/h2-4,7,11,14,16,18H,5-6,8-10H2,1H3. The van der Waals surface area contributed by atoms with E-state index >= 15 is 0 Å². The van der Waals surface area contributed by atoms with Crippen LogP contribution in [0.3, 0.4) is 0 Å². The average Bonchev–Trinajstić information content (AvgIpc) is 2.75. The number of likely N-dealkylation sites (tertiary alicyclic amines) is 1. The van der Waals surface area contributed by atoms with Gasteiger partial charge in [0.05, 0.1) is 6.10 Å². The predicted molar refractivity (Wildman–Crippen MR) is 69.8 cm³/mol. The maximum atomic E-state index is 13.0. The molecule has 1 saturated heterocycles. The van der Waals surface area contributed by atoms with E-state index in [9.17, 15) is 9.50 Å². The summed E-state index contributed by atoms with van der Waals surface area (Å²) in [6, 6.07) is 6.15. The van der Waals surface area contributed by atoms with E-state index in [0.29, 0.717) is 18.0 Å². The highest BCUT2D eigenvalue weighted by atomic mass is 19.1. The van der Waals surface area contributed by atoms with Crippen molar-refractivity contribution in [3.63, 3.8) is 0 Å². The second-order valence-electron chi connectivity index (χ2n) is 5.15. The van der Waals surface area contributed by atoms with Gasteiger partial charge in [-0.25, -0.2) is 4.39 Å². The van der Waals surface area contributed by atoms with Gasteiger partial charge < -0.3 is 15.3 Å². The van der Waals surface area contributed by atoms with Crippen LogP contribution in [0, 0.1) is 11.7 Å². The molecule has 3 nitrogen and oxygen atoms in total. The van der Waals surface area contributed by atoms with Gasteiger partial charge in [-0.05, 0) is 50.2 Å². The lowest BCUT2D eigenvalue weighted by atomic mass is 10.1. The van der Waals surface area contributed by atoms with Crippen LogP contribution in [0.1, 0.15) is 18.1 Å². The summed E-state index contributed by atoms with van der Waals surface area (Å²) in [6.45, 7) is 3.66. The molecule has 2 rings (SSSR count). The number of aliphatic hydroxyl groups is 1. The van der Waals surface area contributed by atoms with Gasteiger partial charge >= 0.3 is 0 Å². The van der Waals surface area contributed by atoms with Gasteiger partial charge in [0.25, 0.3) is 0 Å². The van der Waals surface area contributed by atoms with E-state index in [-0.39, 0.29) is 5.82 Å². The first-order chi connectivity index (χ1) is 8.65. The van der Waals surface area contributed by atoms with E-state index < -0.39 is 6.10 Å². The Morgan fingerprint density at radius 2 is 2.39 bits per heavy atom. The zero-order valence-corrected chi connectivity index (χ0v) is 10.8. The Bertz CT molecular complexity index is 386. The third kappa shape index (κ3) is 3.77. The Kier molecular flexibility index (Phi) is 4.69. The molecule has 0 saturated carbocycles. The molecule has 0 spiro atoms. The van der Waals surface area contributed by atoms with Crippen LogP contribution in [-0.2, 0) is 0 Å². The van der Waals surface area contributed by atoms with Crippen LogP contribution in [0.2, 0.25) is 0 Å². The van der Waals surface area contributed by atoms with E-state index in [1.54, 1.807) is 12.1 Å². The van der Waals surface area contributed by atoms with Gasteiger partial charge in [0, 0.05) is 13.1 Å². The van der Waals surface area contributed by atoms with Crippen LogP contribution >= 0.6 is 0 Å². The summed E-state index contributed by atoms with van der Waals surface area (Å²) in [5, 5.41) is 13.2. The highest BCUT2D eigenvalue weighted by Crippen LogP contribution is 2.15. The summed E-state index contributed by atoms with van der Waals surface area (Å²) in [5.74, 6) is 0.360. The summed E-state index contributed by atoms with van der Waals surface area (Å²) in [7, 11) is 2.13. The second-order valence-corrected chi connectivity index (χ2v) is 5.15. The average molecular weight is 252 g/mol. The maximum absolute atomic E-state index is 13.0. The third-order valence-corrected chi connectivity index (χ3v) is 3.49. The van der Waals surface area contributed by atoms with Crippen molar-refractivity contribution < 1.29 is 9.50 Å². The highest BCUT2D eigenvalue weighted by Gasteiger charge is 2.19. The molecule has 4 heteroatoms. The molecule has 1 heterocycles. The molecule has 0 bridgehead atoms.